The van der Waals surface area contributed by atoms with Gasteiger partial charge in [-0.05, 0) is 18.1 Å². The third kappa shape index (κ3) is 3.84. The summed E-state index contributed by atoms with van der Waals surface area (Å²) in [5.41, 5.74) is 2.22. The molecule has 2 aromatic rings. The largest absolute Gasteiger partial charge is 0.469 e. The molecule has 0 unspecified atom stereocenters. The van der Waals surface area contributed by atoms with Crippen molar-refractivity contribution < 1.29 is 14.3 Å². The molecule has 5 heteroatoms. The molecule has 0 aliphatic rings. The first-order valence-electron chi connectivity index (χ1n) is 6.97. The molecule has 0 aliphatic carbocycles. The number of methoxy groups -OCH3 is 1. The van der Waals surface area contributed by atoms with Crippen LogP contribution >= 0.6 is 0 Å². The lowest BCUT2D eigenvalue weighted by Crippen LogP contribution is -2.29. The molecular weight excluding hydrogens is 268 g/mol. The average molecular weight is 288 g/mol. The average Bonchev–Trinajstić information content (AvgIpc) is 2.93. The van der Waals surface area contributed by atoms with Crippen molar-refractivity contribution in [3.05, 3.63) is 36.0 Å². The molecular formula is C16H20N2O3. The molecule has 1 N–H and O–H groups in total. The van der Waals surface area contributed by atoms with Gasteiger partial charge in [-0.2, -0.15) is 0 Å². The highest BCUT2D eigenvalue weighted by molar-refractivity contribution is 5.84. The summed E-state index contributed by atoms with van der Waals surface area (Å²) < 4.78 is 4.57. The standard InChI is InChI=1S/C16H20N2O3/c1-18(10-9-16(20)21-2)15(19)8-7-12-11-17-14-6-4-3-5-13(12)14/h3-6,11,17H,7-10H2,1-2H3. The van der Waals surface area contributed by atoms with Gasteiger partial charge in [-0.15, -0.1) is 0 Å². The molecule has 0 aliphatic heterocycles. The maximum Gasteiger partial charge on any atom is 0.307 e. The summed E-state index contributed by atoms with van der Waals surface area (Å²) in [5, 5.41) is 1.16. The minimum absolute atomic E-state index is 0.0317. The van der Waals surface area contributed by atoms with Gasteiger partial charge in [0.25, 0.3) is 0 Å². The Morgan fingerprint density at radius 2 is 2.00 bits per heavy atom. The van der Waals surface area contributed by atoms with Crippen LogP contribution in [0.25, 0.3) is 10.9 Å². The molecule has 0 fully saturated rings. The normalized spacial score (nSPS) is 10.6. The van der Waals surface area contributed by atoms with Crippen LogP contribution in [0.2, 0.25) is 0 Å². The fourth-order valence-electron chi connectivity index (χ4n) is 2.26. The quantitative estimate of drug-likeness (QED) is 0.828. The van der Waals surface area contributed by atoms with Crippen molar-refractivity contribution in [2.75, 3.05) is 20.7 Å². The van der Waals surface area contributed by atoms with Crippen LogP contribution in [0.15, 0.2) is 30.5 Å². The van der Waals surface area contributed by atoms with Crippen molar-refractivity contribution in [2.45, 2.75) is 19.3 Å². The van der Waals surface area contributed by atoms with Crippen LogP contribution in [0.1, 0.15) is 18.4 Å². The number of carbonyl (C=O) groups excluding carboxylic acids is 2. The van der Waals surface area contributed by atoms with E-state index in [1.165, 1.54) is 7.11 Å². The van der Waals surface area contributed by atoms with Gasteiger partial charge in [0.15, 0.2) is 0 Å². The summed E-state index contributed by atoms with van der Waals surface area (Å²) in [6.45, 7) is 0.388. The minimum atomic E-state index is -0.300. The molecule has 0 spiro atoms. The first-order chi connectivity index (χ1) is 10.1. The number of nitrogens with zero attached hydrogens (tertiary/aromatic N) is 1. The van der Waals surface area contributed by atoms with E-state index < -0.39 is 0 Å². The zero-order valence-electron chi connectivity index (χ0n) is 12.4. The predicted octanol–water partition coefficient (Wildman–Crippen LogP) is 2.12. The highest BCUT2D eigenvalue weighted by atomic mass is 16.5. The number of nitrogens with one attached hydrogen (secondary N) is 1. The molecule has 0 atom stereocenters. The van der Waals surface area contributed by atoms with E-state index in [1.807, 2.05) is 30.5 Å². The SMILES string of the molecule is COC(=O)CCN(C)C(=O)CCc1c[nH]c2ccccc12. The predicted molar refractivity (Wildman–Crippen MR) is 80.9 cm³/mol. The summed E-state index contributed by atoms with van der Waals surface area (Å²) in [7, 11) is 3.06. The van der Waals surface area contributed by atoms with E-state index in [1.54, 1.807) is 11.9 Å². The van der Waals surface area contributed by atoms with Gasteiger partial charge in [-0.25, -0.2) is 0 Å². The number of ether oxygens (including phenoxy) is 1. The van der Waals surface area contributed by atoms with Crippen LogP contribution in [0.5, 0.6) is 0 Å². The first kappa shape index (κ1) is 15.1. The van der Waals surface area contributed by atoms with Gasteiger partial charge in [0.1, 0.15) is 0 Å². The van der Waals surface area contributed by atoms with Crippen LogP contribution in [0.4, 0.5) is 0 Å². The van der Waals surface area contributed by atoms with E-state index >= 15 is 0 Å². The van der Waals surface area contributed by atoms with Gasteiger partial charge in [0, 0.05) is 37.1 Å². The Hall–Kier alpha value is -2.30. The Morgan fingerprint density at radius 1 is 1.24 bits per heavy atom. The van der Waals surface area contributed by atoms with Crippen LogP contribution in [-0.4, -0.2) is 42.5 Å². The number of amides is 1. The third-order valence-electron chi connectivity index (χ3n) is 3.59. The van der Waals surface area contributed by atoms with E-state index in [2.05, 4.69) is 9.72 Å². The summed E-state index contributed by atoms with van der Waals surface area (Å²) >= 11 is 0. The van der Waals surface area contributed by atoms with Crippen molar-refractivity contribution in [3.8, 4) is 0 Å². The number of rotatable bonds is 6. The van der Waals surface area contributed by atoms with Gasteiger partial charge < -0.3 is 14.6 Å². The number of aromatic amines is 1. The van der Waals surface area contributed by atoms with Crippen molar-refractivity contribution in [2.24, 2.45) is 0 Å². The monoisotopic (exact) mass is 288 g/mol. The van der Waals surface area contributed by atoms with Gasteiger partial charge >= 0.3 is 5.97 Å². The molecule has 1 aromatic carbocycles. The second-order valence-electron chi connectivity index (χ2n) is 5.00. The van der Waals surface area contributed by atoms with E-state index in [0.29, 0.717) is 19.4 Å². The Kier molecular flexibility index (Phi) is 4.98. The lowest BCUT2D eigenvalue weighted by Gasteiger charge is -2.16. The van der Waals surface area contributed by atoms with E-state index in [4.69, 9.17) is 0 Å². The summed E-state index contributed by atoms with van der Waals surface area (Å²) in [6.07, 6.45) is 3.29. The fourth-order valence-corrected chi connectivity index (χ4v) is 2.26. The van der Waals surface area contributed by atoms with E-state index in [-0.39, 0.29) is 18.3 Å². The molecule has 1 heterocycles. The van der Waals surface area contributed by atoms with Crippen molar-refractivity contribution >= 4 is 22.8 Å². The lowest BCUT2D eigenvalue weighted by atomic mass is 10.1. The van der Waals surface area contributed by atoms with Crippen molar-refractivity contribution in [3.63, 3.8) is 0 Å². The van der Waals surface area contributed by atoms with Crippen molar-refractivity contribution in [1.29, 1.82) is 0 Å². The van der Waals surface area contributed by atoms with Crippen LogP contribution in [0, 0.1) is 0 Å². The zero-order chi connectivity index (χ0) is 15.2. The molecule has 1 amide bonds. The second kappa shape index (κ2) is 6.92. The van der Waals surface area contributed by atoms with Gasteiger partial charge in [-0.3, -0.25) is 9.59 Å². The Bertz CT molecular complexity index is 633. The topological polar surface area (TPSA) is 62.4 Å². The second-order valence-corrected chi connectivity index (χ2v) is 5.00. The molecule has 0 bridgehead atoms. The van der Waals surface area contributed by atoms with Gasteiger partial charge in [0.05, 0.1) is 13.5 Å². The highest BCUT2D eigenvalue weighted by Crippen LogP contribution is 2.19. The molecule has 0 saturated heterocycles. The maximum atomic E-state index is 12.0. The Morgan fingerprint density at radius 3 is 2.76 bits per heavy atom. The smallest absolute Gasteiger partial charge is 0.307 e. The number of esters is 1. The minimum Gasteiger partial charge on any atom is -0.469 e. The lowest BCUT2D eigenvalue weighted by molar-refractivity contribution is -0.141. The number of benzene rings is 1. The number of para-hydroxylation sites is 1. The molecule has 0 radical (unpaired) electrons. The van der Waals surface area contributed by atoms with Gasteiger partial charge in [0.2, 0.25) is 5.91 Å². The Balaban J connectivity index is 1.87. The molecule has 112 valence electrons. The molecule has 1 aromatic heterocycles. The Labute approximate surface area is 123 Å². The summed E-state index contributed by atoms with van der Waals surface area (Å²) in [6, 6.07) is 8.04. The molecule has 0 saturated carbocycles. The van der Waals surface area contributed by atoms with Gasteiger partial charge in [-0.1, -0.05) is 18.2 Å². The number of aromatic nitrogens is 1. The summed E-state index contributed by atoms with van der Waals surface area (Å²) in [5.74, 6) is -0.268. The zero-order valence-corrected chi connectivity index (χ0v) is 12.4. The van der Waals surface area contributed by atoms with Crippen LogP contribution in [-0.2, 0) is 20.7 Å². The molecule has 5 nitrogen and oxygen atoms in total. The maximum absolute atomic E-state index is 12.0. The van der Waals surface area contributed by atoms with Crippen LogP contribution < -0.4 is 0 Å². The number of fused-ring (bicyclic) bond motifs is 1. The van der Waals surface area contributed by atoms with E-state index in [0.717, 1.165) is 16.5 Å². The van der Waals surface area contributed by atoms with E-state index in [9.17, 15) is 9.59 Å². The fraction of sp³-hybridized carbons (Fsp3) is 0.375. The molecule has 2 rings (SSSR count). The van der Waals surface area contributed by atoms with Crippen molar-refractivity contribution in [1.82, 2.24) is 9.88 Å². The first-order valence-corrected chi connectivity index (χ1v) is 6.97. The number of aryl methyl sites for hydroxylation is 1. The van der Waals surface area contributed by atoms with Crippen LogP contribution in [0.3, 0.4) is 0 Å². The number of H-pyrrole nitrogens is 1. The number of carbonyl (C=O) groups is 2. The number of hydrogen-bond donors (Lipinski definition) is 1. The highest BCUT2D eigenvalue weighted by Gasteiger charge is 2.12. The number of hydrogen-bond acceptors (Lipinski definition) is 3. The third-order valence-corrected chi connectivity index (χ3v) is 3.59. The summed E-state index contributed by atoms with van der Waals surface area (Å²) in [4.78, 5) is 27.9. The molecule has 21 heavy (non-hydrogen) atoms.